The second kappa shape index (κ2) is 5.65. The normalized spacial score (nSPS) is 10.7. The summed E-state index contributed by atoms with van der Waals surface area (Å²) in [7, 11) is 0. The highest BCUT2D eigenvalue weighted by atomic mass is 19.1. The van der Waals surface area contributed by atoms with Crippen LogP contribution in [0.2, 0.25) is 0 Å². The molecule has 1 rings (SSSR count). The summed E-state index contributed by atoms with van der Waals surface area (Å²) in [5.41, 5.74) is -0.922. The smallest absolute Gasteiger partial charge is 0.407 e. The van der Waals surface area contributed by atoms with Crippen molar-refractivity contribution in [2.45, 2.75) is 32.9 Å². The van der Waals surface area contributed by atoms with Crippen molar-refractivity contribution in [3.8, 4) is 6.07 Å². The predicted octanol–water partition coefficient (Wildman–Crippen LogP) is 2.86. The summed E-state index contributed by atoms with van der Waals surface area (Å²) < 4.78 is 31.5. The summed E-state index contributed by atoms with van der Waals surface area (Å²) in [6, 6.07) is 3.28. The number of alkyl carbamates (subject to hydrolysis) is 1. The van der Waals surface area contributed by atoms with Crippen LogP contribution >= 0.6 is 0 Å². The molecule has 0 aliphatic rings. The average molecular weight is 268 g/mol. The zero-order chi connectivity index (χ0) is 14.6. The molecule has 0 unspecified atom stereocenters. The Labute approximate surface area is 110 Å². The van der Waals surface area contributed by atoms with Crippen molar-refractivity contribution in [2.75, 3.05) is 0 Å². The van der Waals surface area contributed by atoms with E-state index in [9.17, 15) is 13.6 Å². The van der Waals surface area contributed by atoms with E-state index in [1.807, 2.05) is 0 Å². The lowest BCUT2D eigenvalue weighted by Gasteiger charge is -2.19. The summed E-state index contributed by atoms with van der Waals surface area (Å²) in [5.74, 6) is -1.76. The van der Waals surface area contributed by atoms with Gasteiger partial charge in [-0.15, -0.1) is 0 Å². The lowest BCUT2D eigenvalue weighted by atomic mass is 10.1. The fraction of sp³-hybridized carbons (Fsp3) is 0.385. The van der Waals surface area contributed by atoms with E-state index < -0.39 is 23.3 Å². The molecule has 1 aromatic carbocycles. The van der Waals surface area contributed by atoms with Crippen LogP contribution in [0.3, 0.4) is 0 Å². The van der Waals surface area contributed by atoms with Gasteiger partial charge in [0.25, 0.3) is 0 Å². The molecule has 102 valence electrons. The van der Waals surface area contributed by atoms with E-state index in [0.717, 1.165) is 6.07 Å². The molecular formula is C13H14F2N2O2. The number of hydrogen-bond acceptors (Lipinski definition) is 3. The highest BCUT2D eigenvalue weighted by Crippen LogP contribution is 2.14. The standard InChI is InChI=1S/C13H14F2N2O2/c1-13(2,3)19-12(18)17-7-9-4-8(6-16)10(14)5-11(9)15/h4-5H,7H2,1-3H3,(H,17,18). The Morgan fingerprint density at radius 1 is 1.37 bits per heavy atom. The van der Waals surface area contributed by atoms with Crippen molar-refractivity contribution >= 4 is 6.09 Å². The number of rotatable bonds is 2. The maximum Gasteiger partial charge on any atom is 0.407 e. The zero-order valence-electron chi connectivity index (χ0n) is 10.9. The molecule has 6 heteroatoms. The quantitative estimate of drug-likeness (QED) is 0.897. The van der Waals surface area contributed by atoms with Crippen LogP contribution in [0.15, 0.2) is 12.1 Å². The largest absolute Gasteiger partial charge is 0.444 e. The molecule has 0 bridgehead atoms. The molecule has 4 nitrogen and oxygen atoms in total. The van der Waals surface area contributed by atoms with Gasteiger partial charge in [-0.25, -0.2) is 13.6 Å². The Hall–Kier alpha value is -2.16. The topological polar surface area (TPSA) is 62.1 Å². The van der Waals surface area contributed by atoms with Gasteiger partial charge >= 0.3 is 6.09 Å². The molecule has 0 heterocycles. The Morgan fingerprint density at radius 3 is 2.53 bits per heavy atom. The highest BCUT2D eigenvalue weighted by Gasteiger charge is 2.16. The summed E-state index contributed by atoms with van der Waals surface area (Å²) in [6.07, 6.45) is -0.713. The predicted molar refractivity (Wildman–Crippen MR) is 64.1 cm³/mol. The molecule has 0 radical (unpaired) electrons. The molecule has 0 fully saturated rings. The fourth-order valence-corrected chi connectivity index (χ4v) is 1.30. The van der Waals surface area contributed by atoms with Gasteiger partial charge in [-0.3, -0.25) is 0 Å². The molecule has 0 spiro atoms. The van der Waals surface area contributed by atoms with E-state index in [1.165, 1.54) is 0 Å². The van der Waals surface area contributed by atoms with Gasteiger partial charge in [0.15, 0.2) is 0 Å². The summed E-state index contributed by atoms with van der Waals surface area (Å²) >= 11 is 0. The van der Waals surface area contributed by atoms with E-state index in [0.29, 0.717) is 6.07 Å². The summed E-state index contributed by atoms with van der Waals surface area (Å²) in [5, 5.41) is 11.0. The number of halogens is 2. The summed E-state index contributed by atoms with van der Waals surface area (Å²) in [6.45, 7) is 4.90. The van der Waals surface area contributed by atoms with Gasteiger partial charge in [-0.2, -0.15) is 5.26 Å². The first-order valence-corrected chi connectivity index (χ1v) is 5.58. The van der Waals surface area contributed by atoms with Crippen molar-refractivity contribution in [3.63, 3.8) is 0 Å². The first-order valence-electron chi connectivity index (χ1n) is 5.58. The Morgan fingerprint density at radius 2 is 2.00 bits per heavy atom. The van der Waals surface area contributed by atoms with Crippen LogP contribution in [-0.4, -0.2) is 11.7 Å². The minimum Gasteiger partial charge on any atom is -0.444 e. The van der Waals surface area contributed by atoms with Crippen molar-refractivity contribution < 1.29 is 18.3 Å². The van der Waals surface area contributed by atoms with Crippen LogP contribution in [-0.2, 0) is 11.3 Å². The molecule has 0 saturated carbocycles. The molecule has 0 aromatic heterocycles. The number of nitrogens with zero attached hydrogens (tertiary/aromatic N) is 1. The maximum absolute atomic E-state index is 13.4. The van der Waals surface area contributed by atoms with Crippen molar-refractivity contribution in [1.82, 2.24) is 5.32 Å². The number of amides is 1. The molecule has 1 amide bonds. The number of nitrogens with one attached hydrogen (secondary N) is 1. The van der Waals surface area contributed by atoms with Gasteiger partial charge in [-0.05, 0) is 26.8 Å². The molecule has 0 atom stereocenters. The van der Waals surface area contributed by atoms with Crippen LogP contribution in [0, 0.1) is 23.0 Å². The SMILES string of the molecule is CC(C)(C)OC(=O)NCc1cc(C#N)c(F)cc1F. The minimum atomic E-state index is -0.930. The second-order valence-corrected chi connectivity index (χ2v) is 4.89. The maximum atomic E-state index is 13.4. The Kier molecular flexibility index (Phi) is 4.43. The number of hydrogen-bond donors (Lipinski definition) is 1. The fourth-order valence-electron chi connectivity index (χ4n) is 1.30. The van der Waals surface area contributed by atoms with E-state index >= 15 is 0 Å². The van der Waals surface area contributed by atoms with Gasteiger partial charge in [0.05, 0.1) is 5.56 Å². The molecule has 1 N–H and O–H groups in total. The first kappa shape index (κ1) is 14.9. The van der Waals surface area contributed by atoms with Crippen LogP contribution in [0.4, 0.5) is 13.6 Å². The number of ether oxygens (including phenoxy) is 1. The Bertz CT molecular complexity index is 531. The van der Waals surface area contributed by atoms with E-state index in [1.54, 1.807) is 26.8 Å². The van der Waals surface area contributed by atoms with Crippen molar-refractivity contribution in [2.24, 2.45) is 0 Å². The van der Waals surface area contributed by atoms with Gasteiger partial charge in [-0.1, -0.05) is 0 Å². The number of nitriles is 1. The average Bonchev–Trinajstić information content (AvgIpc) is 2.25. The van der Waals surface area contributed by atoms with Gasteiger partial charge < -0.3 is 10.1 Å². The van der Waals surface area contributed by atoms with Gasteiger partial charge in [0, 0.05) is 18.2 Å². The lowest BCUT2D eigenvalue weighted by molar-refractivity contribution is 0.0523. The van der Waals surface area contributed by atoms with Crippen LogP contribution < -0.4 is 5.32 Å². The van der Waals surface area contributed by atoms with Gasteiger partial charge in [0.1, 0.15) is 23.3 Å². The van der Waals surface area contributed by atoms with Crippen molar-refractivity contribution in [1.29, 1.82) is 5.26 Å². The number of benzene rings is 1. The summed E-state index contributed by atoms with van der Waals surface area (Å²) in [4.78, 5) is 11.4. The molecule has 0 aliphatic heterocycles. The number of carbonyl (C=O) groups is 1. The Balaban J connectivity index is 2.74. The third-order valence-corrected chi connectivity index (χ3v) is 2.08. The second-order valence-electron chi connectivity index (χ2n) is 4.89. The first-order chi connectivity index (χ1) is 8.73. The monoisotopic (exact) mass is 268 g/mol. The van der Waals surface area contributed by atoms with Crippen LogP contribution in [0.5, 0.6) is 0 Å². The number of carbonyl (C=O) groups excluding carboxylic acids is 1. The van der Waals surface area contributed by atoms with E-state index in [4.69, 9.17) is 10.00 Å². The van der Waals surface area contributed by atoms with Crippen molar-refractivity contribution in [3.05, 3.63) is 34.9 Å². The van der Waals surface area contributed by atoms with Crippen LogP contribution in [0.25, 0.3) is 0 Å². The molecule has 0 aliphatic carbocycles. The van der Waals surface area contributed by atoms with Gasteiger partial charge in [0.2, 0.25) is 0 Å². The molecule has 1 aromatic rings. The van der Waals surface area contributed by atoms with E-state index in [-0.39, 0.29) is 17.7 Å². The molecule has 0 saturated heterocycles. The van der Waals surface area contributed by atoms with E-state index in [2.05, 4.69) is 5.32 Å². The third kappa shape index (κ3) is 4.54. The lowest BCUT2D eigenvalue weighted by Crippen LogP contribution is -2.32. The minimum absolute atomic E-state index is 0.0174. The van der Waals surface area contributed by atoms with Crippen LogP contribution in [0.1, 0.15) is 31.9 Å². The molecular weight excluding hydrogens is 254 g/mol. The highest BCUT2D eigenvalue weighted by molar-refractivity contribution is 5.67. The third-order valence-electron chi connectivity index (χ3n) is 2.08. The zero-order valence-corrected chi connectivity index (χ0v) is 10.9. The molecule has 19 heavy (non-hydrogen) atoms.